The van der Waals surface area contributed by atoms with E-state index in [0.717, 1.165) is 45.9 Å². The van der Waals surface area contributed by atoms with Crippen LogP contribution in [0, 0.1) is 6.92 Å². The van der Waals surface area contributed by atoms with Crippen molar-refractivity contribution in [3.05, 3.63) is 77.4 Å². The van der Waals surface area contributed by atoms with Gasteiger partial charge in [-0.05, 0) is 42.7 Å². The van der Waals surface area contributed by atoms with Gasteiger partial charge in [0, 0.05) is 73.3 Å². The molecule has 0 bridgehead atoms. The average molecular weight is 524 g/mol. The molecule has 11 nitrogen and oxygen atoms in total. The summed E-state index contributed by atoms with van der Waals surface area (Å²) in [7, 11) is 0. The van der Waals surface area contributed by atoms with E-state index in [9.17, 15) is 4.79 Å². The molecule has 0 saturated carbocycles. The van der Waals surface area contributed by atoms with Gasteiger partial charge < -0.3 is 25.6 Å². The number of fused-ring (bicyclic) bond motifs is 1. The molecule has 1 saturated heterocycles. The summed E-state index contributed by atoms with van der Waals surface area (Å²) in [4.78, 5) is 39.9. The standard InChI is InChI=1S/C28H29N9O2/c1-18-4-5-20(26(38)31-15-19-3-2-7-30-14-19)13-23(18)37-8-6-22-24(21-16-32-27(29)33-17-21)34-28(35-25(22)37)36-9-11-39-12-10-36/h2-5,7,13-14,16-17H,6,8-12,15H2,1H3,(H,31,38)(H2,29,32,33). The third-order valence-corrected chi connectivity index (χ3v) is 6.99. The number of morpholine rings is 1. The van der Waals surface area contributed by atoms with E-state index < -0.39 is 0 Å². The van der Waals surface area contributed by atoms with Crippen LogP contribution in [0.3, 0.4) is 0 Å². The number of benzene rings is 1. The maximum absolute atomic E-state index is 13.1. The van der Waals surface area contributed by atoms with Crippen molar-refractivity contribution in [1.29, 1.82) is 0 Å². The Morgan fingerprint density at radius 3 is 2.67 bits per heavy atom. The maximum atomic E-state index is 13.1. The average Bonchev–Trinajstić information content (AvgIpc) is 3.41. The number of amides is 1. The smallest absolute Gasteiger partial charge is 0.251 e. The lowest BCUT2D eigenvalue weighted by Gasteiger charge is -2.28. The summed E-state index contributed by atoms with van der Waals surface area (Å²) in [6.07, 6.45) is 7.61. The van der Waals surface area contributed by atoms with E-state index in [1.54, 1.807) is 24.8 Å². The number of nitrogens with one attached hydrogen (secondary N) is 1. The quantitative estimate of drug-likeness (QED) is 0.388. The zero-order valence-corrected chi connectivity index (χ0v) is 21.7. The van der Waals surface area contributed by atoms with Crippen molar-refractivity contribution in [2.45, 2.75) is 19.9 Å². The normalized spacial score (nSPS) is 14.8. The van der Waals surface area contributed by atoms with Crippen LogP contribution in [-0.2, 0) is 17.7 Å². The van der Waals surface area contributed by atoms with Gasteiger partial charge in [0.15, 0.2) is 0 Å². The Kier molecular flexibility index (Phi) is 6.72. The highest BCUT2D eigenvalue weighted by molar-refractivity contribution is 5.95. The van der Waals surface area contributed by atoms with Crippen molar-refractivity contribution in [2.75, 3.05) is 48.4 Å². The van der Waals surface area contributed by atoms with Crippen molar-refractivity contribution in [3.8, 4) is 11.3 Å². The molecule has 1 amide bonds. The highest BCUT2D eigenvalue weighted by Gasteiger charge is 2.30. The molecule has 0 unspecified atom stereocenters. The molecule has 4 aromatic rings. The first kappa shape index (κ1) is 24.7. The van der Waals surface area contributed by atoms with E-state index in [1.807, 2.05) is 37.3 Å². The van der Waals surface area contributed by atoms with Crippen LogP contribution in [0.1, 0.15) is 27.0 Å². The molecule has 1 aromatic carbocycles. The molecule has 2 aliphatic heterocycles. The zero-order chi connectivity index (χ0) is 26.8. The van der Waals surface area contributed by atoms with Gasteiger partial charge in [0.05, 0.1) is 18.9 Å². The third kappa shape index (κ3) is 5.08. The number of ether oxygens (including phenoxy) is 1. The van der Waals surface area contributed by atoms with Gasteiger partial charge in [-0.2, -0.15) is 4.98 Å². The fraction of sp³-hybridized carbons (Fsp3) is 0.286. The predicted molar refractivity (Wildman–Crippen MR) is 148 cm³/mol. The van der Waals surface area contributed by atoms with Gasteiger partial charge >= 0.3 is 0 Å². The van der Waals surface area contributed by atoms with Gasteiger partial charge in [-0.15, -0.1) is 0 Å². The SMILES string of the molecule is Cc1ccc(C(=O)NCc2cccnc2)cc1N1CCc2c(-c3cnc(N)nc3)nc(N3CCOCC3)nc21. The monoisotopic (exact) mass is 523 g/mol. The second kappa shape index (κ2) is 10.6. The molecule has 0 radical (unpaired) electrons. The number of carbonyl (C=O) groups excluding carboxylic acids is 1. The van der Waals surface area contributed by atoms with Gasteiger partial charge in [0.2, 0.25) is 11.9 Å². The molecular formula is C28H29N9O2. The summed E-state index contributed by atoms with van der Waals surface area (Å²) in [5.74, 6) is 1.54. The number of anilines is 4. The summed E-state index contributed by atoms with van der Waals surface area (Å²) in [5.41, 5.74) is 11.9. The van der Waals surface area contributed by atoms with Crippen LogP contribution in [0.25, 0.3) is 11.3 Å². The number of hydrogen-bond acceptors (Lipinski definition) is 10. The Balaban J connectivity index is 1.36. The van der Waals surface area contributed by atoms with Gasteiger partial charge in [-0.1, -0.05) is 12.1 Å². The number of nitrogens with zero attached hydrogens (tertiary/aromatic N) is 7. The molecule has 3 N–H and O–H groups in total. The number of pyridine rings is 1. The van der Waals surface area contributed by atoms with Crippen molar-refractivity contribution in [2.24, 2.45) is 0 Å². The molecular weight excluding hydrogens is 494 g/mol. The van der Waals surface area contributed by atoms with Crippen LogP contribution in [0.5, 0.6) is 0 Å². The Morgan fingerprint density at radius 1 is 1.08 bits per heavy atom. The first-order chi connectivity index (χ1) is 19.1. The molecule has 5 heterocycles. The van der Waals surface area contributed by atoms with Crippen LogP contribution in [0.2, 0.25) is 0 Å². The van der Waals surface area contributed by atoms with Crippen LogP contribution < -0.4 is 20.9 Å². The van der Waals surface area contributed by atoms with E-state index in [-0.39, 0.29) is 11.9 Å². The molecule has 0 atom stereocenters. The Hall–Kier alpha value is -4.64. The Morgan fingerprint density at radius 2 is 1.90 bits per heavy atom. The number of nitrogens with two attached hydrogens (primary N) is 1. The minimum absolute atomic E-state index is 0.143. The lowest BCUT2D eigenvalue weighted by molar-refractivity contribution is 0.0951. The summed E-state index contributed by atoms with van der Waals surface area (Å²) in [6, 6.07) is 9.56. The van der Waals surface area contributed by atoms with E-state index >= 15 is 0 Å². The van der Waals surface area contributed by atoms with Crippen molar-refractivity contribution in [1.82, 2.24) is 30.2 Å². The highest BCUT2D eigenvalue weighted by atomic mass is 16.5. The van der Waals surface area contributed by atoms with Crippen LogP contribution >= 0.6 is 0 Å². The fourth-order valence-corrected chi connectivity index (χ4v) is 4.91. The lowest BCUT2D eigenvalue weighted by atomic mass is 10.1. The van der Waals surface area contributed by atoms with E-state index in [2.05, 4.69) is 30.1 Å². The van der Waals surface area contributed by atoms with Crippen LogP contribution in [0.15, 0.2) is 55.1 Å². The van der Waals surface area contributed by atoms with Gasteiger partial charge in [-0.25, -0.2) is 15.0 Å². The van der Waals surface area contributed by atoms with E-state index in [0.29, 0.717) is 50.9 Å². The largest absolute Gasteiger partial charge is 0.378 e. The summed E-state index contributed by atoms with van der Waals surface area (Å²) >= 11 is 0. The molecule has 0 spiro atoms. The maximum Gasteiger partial charge on any atom is 0.251 e. The van der Waals surface area contributed by atoms with E-state index in [1.165, 1.54) is 0 Å². The number of hydrogen-bond donors (Lipinski definition) is 2. The number of carbonyl (C=O) groups is 1. The Bertz CT molecular complexity index is 1490. The van der Waals surface area contributed by atoms with Gasteiger partial charge in [0.25, 0.3) is 5.91 Å². The van der Waals surface area contributed by atoms with Crippen molar-refractivity contribution >= 4 is 29.3 Å². The van der Waals surface area contributed by atoms with Crippen molar-refractivity contribution < 1.29 is 9.53 Å². The van der Waals surface area contributed by atoms with E-state index in [4.69, 9.17) is 20.4 Å². The van der Waals surface area contributed by atoms with Crippen molar-refractivity contribution in [3.63, 3.8) is 0 Å². The third-order valence-electron chi connectivity index (χ3n) is 6.99. The summed E-state index contributed by atoms with van der Waals surface area (Å²) < 4.78 is 5.55. The van der Waals surface area contributed by atoms with Gasteiger partial charge in [-0.3, -0.25) is 9.78 Å². The molecule has 2 aliphatic rings. The number of nitrogen functional groups attached to an aromatic ring is 1. The Labute approximate surface area is 226 Å². The summed E-state index contributed by atoms with van der Waals surface area (Å²) in [6.45, 7) is 5.83. The molecule has 198 valence electrons. The fourth-order valence-electron chi connectivity index (χ4n) is 4.91. The predicted octanol–water partition coefficient (Wildman–Crippen LogP) is 2.68. The minimum Gasteiger partial charge on any atom is -0.378 e. The van der Waals surface area contributed by atoms with Gasteiger partial charge in [0.1, 0.15) is 5.82 Å². The van der Waals surface area contributed by atoms with Crippen LogP contribution in [0.4, 0.5) is 23.4 Å². The highest BCUT2D eigenvalue weighted by Crippen LogP contribution is 2.40. The molecule has 11 heteroatoms. The number of aryl methyl sites for hydroxylation is 1. The molecule has 0 aliphatic carbocycles. The molecule has 1 fully saturated rings. The number of rotatable bonds is 6. The first-order valence-electron chi connectivity index (χ1n) is 12.9. The molecule has 3 aromatic heterocycles. The molecule has 6 rings (SSSR count). The second-order valence-electron chi connectivity index (χ2n) is 9.55. The first-order valence-corrected chi connectivity index (χ1v) is 12.9. The summed E-state index contributed by atoms with van der Waals surface area (Å²) in [5, 5.41) is 2.99. The second-order valence-corrected chi connectivity index (χ2v) is 9.55. The van der Waals surface area contributed by atoms with Crippen LogP contribution in [-0.4, -0.2) is 63.7 Å². The minimum atomic E-state index is -0.143. The number of aromatic nitrogens is 5. The lowest BCUT2D eigenvalue weighted by Crippen LogP contribution is -2.37. The molecule has 39 heavy (non-hydrogen) atoms. The topological polar surface area (TPSA) is 135 Å². The zero-order valence-electron chi connectivity index (χ0n) is 21.7.